The quantitative estimate of drug-likeness (QED) is 0.541. The fraction of sp³-hybridized carbons (Fsp3) is 1.00. The SMILES string of the molecule is CCC(C)(N)COCOCC(F)(F)F. The third-order valence-electron chi connectivity index (χ3n) is 1.67. The minimum Gasteiger partial charge on any atom is -0.354 e. The lowest BCUT2D eigenvalue weighted by Gasteiger charge is -2.22. The van der Waals surface area contributed by atoms with Crippen LogP contribution in [0.1, 0.15) is 20.3 Å². The molecule has 0 saturated heterocycles. The molecule has 1 atom stereocenters. The molecule has 3 nitrogen and oxygen atoms in total. The van der Waals surface area contributed by atoms with E-state index in [4.69, 9.17) is 10.5 Å². The van der Waals surface area contributed by atoms with Crippen molar-refractivity contribution in [3.8, 4) is 0 Å². The predicted octanol–water partition coefficient (Wildman–Crippen LogP) is 1.67. The Labute approximate surface area is 81.4 Å². The number of hydrogen-bond donors (Lipinski definition) is 1. The minimum atomic E-state index is -4.31. The van der Waals surface area contributed by atoms with Crippen molar-refractivity contribution < 1.29 is 22.6 Å². The number of ether oxygens (including phenoxy) is 2. The first kappa shape index (κ1) is 13.7. The van der Waals surface area contributed by atoms with Crippen LogP contribution in [-0.2, 0) is 9.47 Å². The van der Waals surface area contributed by atoms with Crippen molar-refractivity contribution in [2.75, 3.05) is 20.0 Å². The van der Waals surface area contributed by atoms with Gasteiger partial charge in [0.15, 0.2) is 0 Å². The van der Waals surface area contributed by atoms with Gasteiger partial charge in [-0.2, -0.15) is 13.2 Å². The van der Waals surface area contributed by atoms with Gasteiger partial charge in [-0.25, -0.2) is 0 Å². The van der Waals surface area contributed by atoms with Crippen LogP contribution >= 0.6 is 0 Å². The summed E-state index contributed by atoms with van der Waals surface area (Å²) in [5.74, 6) is 0. The van der Waals surface area contributed by atoms with E-state index >= 15 is 0 Å². The second-order valence-electron chi connectivity index (χ2n) is 3.44. The molecule has 2 N–H and O–H groups in total. The topological polar surface area (TPSA) is 44.5 Å². The van der Waals surface area contributed by atoms with E-state index in [1.54, 1.807) is 6.92 Å². The molecule has 0 aliphatic carbocycles. The first-order valence-corrected chi connectivity index (χ1v) is 4.28. The minimum absolute atomic E-state index is 0.182. The van der Waals surface area contributed by atoms with E-state index in [2.05, 4.69) is 4.74 Å². The van der Waals surface area contributed by atoms with Crippen molar-refractivity contribution >= 4 is 0 Å². The second kappa shape index (κ2) is 5.53. The fourth-order valence-corrected chi connectivity index (χ4v) is 0.593. The number of alkyl halides is 3. The third kappa shape index (κ3) is 8.28. The lowest BCUT2D eigenvalue weighted by molar-refractivity contribution is -0.198. The lowest BCUT2D eigenvalue weighted by Crippen LogP contribution is -2.40. The fourth-order valence-electron chi connectivity index (χ4n) is 0.593. The van der Waals surface area contributed by atoms with Crippen LogP contribution in [0.2, 0.25) is 0 Å². The van der Waals surface area contributed by atoms with Crippen molar-refractivity contribution in [2.45, 2.75) is 32.0 Å². The maximum Gasteiger partial charge on any atom is 0.411 e. The van der Waals surface area contributed by atoms with E-state index in [-0.39, 0.29) is 13.4 Å². The van der Waals surface area contributed by atoms with E-state index in [1.807, 2.05) is 6.92 Å². The molecule has 0 aliphatic heterocycles. The van der Waals surface area contributed by atoms with Gasteiger partial charge < -0.3 is 15.2 Å². The average Bonchev–Trinajstić information content (AvgIpc) is 2.01. The molecular weight excluding hydrogens is 199 g/mol. The van der Waals surface area contributed by atoms with Crippen molar-refractivity contribution in [3.63, 3.8) is 0 Å². The molecule has 14 heavy (non-hydrogen) atoms. The van der Waals surface area contributed by atoms with Crippen LogP contribution in [0, 0.1) is 0 Å². The Morgan fingerprint density at radius 1 is 1.14 bits per heavy atom. The zero-order valence-corrected chi connectivity index (χ0v) is 8.36. The van der Waals surface area contributed by atoms with E-state index in [1.165, 1.54) is 0 Å². The lowest BCUT2D eigenvalue weighted by atomic mass is 10.0. The molecular formula is C8H16F3NO2. The van der Waals surface area contributed by atoms with Crippen molar-refractivity contribution in [1.29, 1.82) is 0 Å². The van der Waals surface area contributed by atoms with Gasteiger partial charge in [0.1, 0.15) is 13.4 Å². The summed E-state index contributed by atoms with van der Waals surface area (Å²) in [5, 5.41) is 0. The Hall–Kier alpha value is -0.330. The van der Waals surface area contributed by atoms with Gasteiger partial charge in [-0.1, -0.05) is 6.92 Å². The summed E-state index contributed by atoms with van der Waals surface area (Å²) in [5.41, 5.74) is 5.17. The van der Waals surface area contributed by atoms with Crippen LogP contribution in [0.15, 0.2) is 0 Å². The van der Waals surface area contributed by atoms with Crippen LogP contribution in [0.25, 0.3) is 0 Å². The van der Waals surface area contributed by atoms with Crippen LogP contribution in [-0.4, -0.2) is 31.7 Å². The molecule has 0 spiro atoms. The van der Waals surface area contributed by atoms with E-state index < -0.39 is 18.3 Å². The van der Waals surface area contributed by atoms with Gasteiger partial charge in [-0.05, 0) is 13.3 Å². The molecule has 0 bridgehead atoms. The molecule has 0 aromatic carbocycles. The molecule has 0 aliphatic rings. The molecule has 0 aromatic heterocycles. The maximum absolute atomic E-state index is 11.6. The molecule has 0 rings (SSSR count). The second-order valence-corrected chi connectivity index (χ2v) is 3.44. The van der Waals surface area contributed by atoms with E-state index in [9.17, 15) is 13.2 Å². The van der Waals surface area contributed by atoms with Gasteiger partial charge in [0.2, 0.25) is 0 Å². The van der Waals surface area contributed by atoms with Gasteiger partial charge in [0, 0.05) is 5.54 Å². The Kier molecular flexibility index (Phi) is 5.40. The van der Waals surface area contributed by atoms with E-state index in [0.717, 1.165) is 0 Å². The third-order valence-corrected chi connectivity index (χ3v) is 1.67. The number of rotatable bonds is 6. The molecule has 0 aromatic rings. The largest absolute Gasteiger partial charge is 0.411 e. The molecule has 0 radical (unpaired) electrons. The zero-order valence-electron chi connectivity index (χ0n) is 8.36. The average molecular weight is 215 g/mol. The van der Waals surface area contributed by atoms with E-state index in [0.29, 0.717) is 6.42 Å². The van der Waals surface area contributed by atoms with Gasteiger partial charge in [-0.3, -0.25) is 0 Å². The van der Waals surface area contributed by atoms with Crippen LogP contribution in [0.5, 0.6) is 0 Å². The number of halogens is 3. The Balaban J connectivity index is 3.39. The van der Waals surface area contributed by atoms with Crippen LogP contribution in [0.4, 0.5) is 13.2 Å². The van der Waals surface area contributed by atoms with Gasteiger partial charge >= 0.3 is 6.18 Å². The molecule has 0 amide bonds. The number of nitrogens with two attached hydrogens (primary N) is 1. The van der Waals surface area contributed by atoms with Gasteiger partial charge in [-0.15, -0.1) is 0 Å². The Morgan fingerprint density at radius 3 is 2.07 bits per heavy atom. The van der Waals surface area contributed by atoms with Gasteiger partial charge in [0.25, 0.3) is 0 Å². The van der Waals surface area contributed by atoms with Crippen molar-refractivity contribution in [3.05, 3.63) is 0 Å². The Morgan fingerprint density at radius 2 is 1.64 bits per heavy atom. The summed E-state index contributed by atoms with van der Waals surface area (Å²) >= 11 is 0. The highest BCUT2D eigenvalue weighted by molar-refractivity contribution is 4.74. The number of hydrogen-bond acceptors (Lipinski definition) is 3. The summed E-state index contributed by atoms with van der Waals surface area (Å²) in [4.78, 5) is 0. The molecule has 0 heterocycles. The standard InChI is InChI=1S/C8H16F3NO2/c1-3-7(2,12)4-13-6-14-5-8(9,10)11/h3-6,12H2,1-2H3. The maximum atomic E-state index is 11.6. The molecule has 1 unspecified atom stereocenters. The summed E-state index contributed by atoms with van der Waals surface area (Å²) < 4.78 is 43.8. The predicted molar refractivity (Wildman–Crippen MR) is 45.7 cm³/mol. The normalized spacial score (nSPS) is 16.7. The van der Waals surface area contributed by atoms with Crippen LogP contribution < -0.4 is 5.73 Å². The van der Waals surface area contributed by atoms with Gasteiger partial charge in [0.05, 0.1) is 6.61 Å². The molecule has 86 valence electrons. The molecule has 0 saturated carbocycles. The monoisotopic (exact) mass is 215 g/mol. The zero-order chi connectivity index (χ0) is 11.2. The smallest absolute Gasteiger partial charge is 0.354 e. The highest BCUT2D eigenvalue weighted by Crippen LogP contribution is 2.14. The van der Waals surface area contributed by atoms with Crippen molar-refractivity contribution in [2.24, 2.45) is 5.73 Å². The summed E-state index contributed by atoms with van der Waals surface area (Å²) in [6.45, 7) is 2.14. The molecule has 6 heteroatoms. The summed E-state index contributed by atoms with van der Waals surface area (Å²) in [7, 11) is 0. The Bertz CT molecular complexity index is 159. The summed E-state index contributed by atoms with van der Waals surface area (Å²) in [6, 6.07) is 0. The highest BCUT2D eigenvalue weighted by atomic mass is 19.4. The highest BCUT2D eigenvalue weighted by Gasteiger charge is 2.27. The van der Waals surface area contributed by atoms with Crippen LogP contribution in [0.3, 0.4) is 0 Å². The first-order chi connectivity index (χ1) is 6.27. The summed E-state index contributed by atoms with van der Waals surface area (Å²) in [6.07, 6.45) is -3.62. The first-order valence-electron chi connectivity index (χ1n) is 4.28. The van der Waals surface area contributed by atoms with Crippen molar-refractivity contribution in [1.82, 2.24) is 0 Å². The molecule has 0 fully saturated rings.